The normalized spacial score (nSPS) is 11.6. The highest BCUT2D eigenvalue weighted by atomic mass is 35.5. The molecule has 2 N–H and O–H groups in total. The number of carbonyl (C=O) groups is 2. The highest BCUT2D eigenvalue weighted by Crippen LogP contribution is 2.19. The number of carboxylic acid groups (broad SMARTS) is 1. The first-order valence-corrected chi connectivity index (χ1v) is 14.7. The second-order valence-electron chi connectivity index (χ2n) is 9.62. The number of ether oxygens (including phenoxy) is 3. The summed E-state index contributed by atoms with van der Waals surface area (Å²) < 4.78 is 17.0. The Hall–Kier alpha value is -3.30. The summed E-state index contributed by atoms with van der Waals surface area (Å²) in [6.45, 7) is 4.62. The van der Waals surface area contributed by atoms with Gasteiger partial charge in [0, 0.05) is 42.8 Å². The topological polar surface area (TPSA) is 97.3 Å². The third kappa shape index (κ3) is 12.3. The highest BCUT2D eigenvalue weighted by Gasteiger charge is 2.18. The summed E-state index contributed by atoms with van der Waals surface area (Å²) in [6.07, 6.45) is 0.760. The molecular formula is C32H38Cl2N2O6. The summed E-state index contributed by atoms with van der Waals surface area (Å²) in [7, 11) is 0. The Labute approximate surface area is 257 Å². The number of nitrogens with zero attached hydrogens (tertiary/aromatic N) is 1. The molecule has 10 heteroatoms. The standard InChI is InChI=1S/C32H38Cl2N2O6/c1-2-41-30(31(37)38)21-25-9-11-29(12-10-25)42-18-16-36(32(39)35-14-13-24-7-4-3-5-8-24)15-6-17-40-23-26-19-27(33)22-28(34)20-26/h3-5,7-12,19-20,22,30H,2,6,13-18,21,23H2,1H3,(H,35,39)(H,37,38). The van der Waals surface area contributed by atoms with Gasteiger partial charge in [-0.1, -0.05) is 65.7 Å². The summed E-state index contributed by atoms with van der Waals surface area (Å²) in [5.41, 5.74) is 2.88. The van der Waals surface area contributed by atoms with Crippen LogP contribution in [0, 0.1) is 0 Å². The minimum Gasteiger partial charge on any atom is -0.492 e. The molecule has 0 radical (unpaired) electrons. The Balaban J connectivity index is 1.48. The van der Waals surface area contributed by atoms with Crippen molar-refractivity contribution >= 4 is 35.2 Å². The number of rotatable bonds is 18. The van der Waals surface area contributed by atoms with Gasteiger partial charge in [0.1, 0.15) is 12.4 Å². The lowest BCUT2D eigenvalue weighted by Gasteiger charge is -2.23. The van der Waals surface area contributed by atoms with Crippen LogP contribution in [0.25, 0.3) is 0 Å². The van der Waals surface area contributed by atoms with Crippen LogP contribution >= 0.6 is 23.2 Å². The van der Waals surface area contributed by atoms with Gasteiger partial charge in [0.05, 0.1) is 13.2 Å². The molecule has 1 atom stereocenters. The molecule has 0 aliphatic heterocycles. The molecule has 0 bridgehead atoms. The van der Waals surface area contributed by atoms with Crippen molar-refractivity contribution in [2.24, 2.45) is 0 Å². The smallest absolute Gasteiger partial charge is 0.333 e. The molecule has 3 rings (SSSR count). The SMILES string of the molecule is CCOC(Cc1ccc(OCCN(CCCOCc2cc(Cl)cc(Cl)c2)C(=O)NCCc2ccccc2)cc1)C(=O)O. The maximum atomic E-state index is 13.0. The molecule has 0 aliphatic rings. The molecule has 2 amide bonds. The summed E-state index contributed by atoms with van der Waals surface area (Å²) in [6, 6.07) is 22.4. The maximum Gasteiger partial charge on any atom is 0.333 e. The molecule has 42 heavy (non-hydrogen) atoms. The summed E-state index contributed by atoms with van der Waals surface area (Å²) in [5, 5.41) is 13.4. The van der Waals surface area contributed by atoms with E-state index in [4.69, 9.17) is 37.4 Å². The first-order chi connectivity index (χ1) is 20.3. The first-order valence-electron chi connectivity index (χ1n) is 14.0. The zero-order valence-electron chi connectivity index (χ0n) is 23.8. The Kier molecular flexibility index (Phi) is 14.5. The van der Waals surface area contributed by atoms with Crippen molar-refractivity contribution in [3.63, 3.8) is 0 Å². The molecule has 0 aliphatic carbocycles. The molecule has 8 nitrogen and oxygen atoms in total. The van der Waals surface area contributed by atoms with Gasteiger partial charge in [-0.15, -0.1) is 0 Å². The van der Waals surface area contributed by atoms with Gasteiger partial charge in [0.15, 0.2) is 6.10 Å². The van der Waals surface area contributed by atoms with Gasteiger partial charge in [0.25, 0.3) is 0 Å². The Morgan fingerprint density at radius 1 is 0.905 bits per heavy atom. The van der Waals surface area contributed by atoms with Gasteiger partial charge in [-0.05, 0) is 66.8 Å². The van der Waals surface area contributed by atoms with E-state index < -0.39 is 12.1 Å². The predicted octanol–water partition coefficient (Wildman–Crippen LogP) is 6.27. The monoisotopic (exact) mass is 616 g/mol. The van der Waals surface area contributed by atoms with Crippen LogP contribution in [0.3, 0.4) is 0 Å². The fourth-order valence-corrected chi connectivity index (χ4v) is 4.83. The molecule has 3 aromatic carbocycles. The van der Waals surface area contributed by atoms with E-state index in [1.165, 1.54) is 0 Å². The van der Waals surface area contributed by atoms with Crippen LogP contribution in [-0.2, 0) is 33.7 Å². The third-order valence-electron chi connectivity index (χ3n) is 6.35. The summed E-state index contributed by atoms with van der Waals surface area (Å²) in [4.78, 5) is 26.1. The minimum atomic E-state index is -0.987. The van der Waals surface area contributed by atoms with Crippen molar-refractivity contribution in [1.82, 2.24) is 10.2 Å². The van der Waals surface area contributed by atoms with E-state index in [1.807, 2.05) is 54.6 Å². The van der Waals surface area contributed by atoms with Crippen LogP contribution in [0.4, 0.5) is 4.79 Å². The number of nitrogens with one attached hydrogen (secondary N) is 1. The summed E-state index contributed by atoms with van der Waals surface area (Å²) >= 11 is 12.1. The van der Waals surface area contributed by atoms with E-state index >= 15 is 0 Å². The van der Waals surface area contributed by atoms with Crippen molar-refractivity contribution in [2.45, 2.75) is 38.9 Å². The number of hydrogen-bond acceptors (Lipinski definition) is 5. The van der Waals surface area contributed by atoms with Crippen LogP contribution in [0.2, 0.25) is 10.0 Å². The van der Waals surface area contributed by atoms with Crippen LogP contribution in [0.15, 0.2) is 72.8 Å². The number of amides is 2. The largest absolute Gasteiger partial charge is 0.492 e. The lowest BCUT2D eigenvalue weighted by Crippen LogP contribution is -2.43. The molecule has 0 aromatic heterocycles. The second-order valence-corrected chi connectivity index (χ2v) is 10.5. The number of carbonyl (C=O) groups excluding carboxylic acids is 1. The van der Waals surface area contributed by atoms with Gasteiger partial charge in [-0.3, -0.25) is 0 Å². The zero-order chi connectivity index (χ0) is 30.2. The average Bonchev–Trinajstić information content (AvgIpc) is 2.96. The van der Waals surface area contributed by atoms with Crippen molar-refractivity contribution in [3.8, 4) is 5.75 Å². The Morgan fingerprint density at radius 2 is 1.62 bits per heavy atom. The van der Waals surface area contributed by atoms with Gasteiger partial charge in [-0.2, -0.15) is 0 Å². The van der Waals surface area contributed by atoms with E-state index in [2.05, 4.69) is 5.32 Å². The fourth-order valence-electron chi connectivity index (χ4n) is 4.26. The lowest BCUT2D eigenvalue weighted by atomic mass is 10.1. The molecule has 0 heterocycles. The van der Waals surface area contributed by atoms with E-state index in [0.717, 1.165) is 23.1 Å². The quantitative estimate of drug-likeness (QED) is 0.164. The van der Waals surface area contributed by atoms with Crippen molar-refractivity contribution in [3.05, 3.63) is 99.5 Å². The Morgan fingerprint density at radius 3 is 2.29 bits per heavy atom. The van der Waals surface area contributed by atoms with Gasteiger partial charge in [0.2, 0.25) is 0 Å². The molecular weight excluding hydrogens is 579 g/mol. The van der Waals surface area contributed by atoms with E-state index in [9.17, 15) is 14.7 Å². The molecule has 0 saturated heterocycles. The molecule has 3 aromatic rings. The maximum absolute atomic E-state index is 13.0. The van der Waals surface area contributed by atoms with Crippen LogP contribution in [-0.4, -0.2) is 67.6 Å². The van der Waals surface area contributed by atoms with E-state index in [1.54, 1.807) is 30.0 Å². The van der Waals surface area contributed by atoms with Gasteiger partial charge >= 0.3 is 12.0 Å². The first kappa shape index (κ1) is 33.2. The second kappa shape index (κ2) is 18.3. The number of hydrogen-bond donors (Lipinski definition) is 2. The number of urea groups is 1. The molecule has 0 saturated carbocycles. The zero-order valence-corrected chi connectivity index (χ0v) is 25.3. The number of halogens is 2. The van der Waals surface area contributed by atoms with E-state index in [0.29, 0.717) is 68.3 Å². The number of benzene rings is 3. The Bertz CT molecular complexity index is 1220. The van der Waals surface area contributed by atoms with Crippen molar-refractivity contribution in [2.75, 3.05) is 39.5 Å². The van der Waals surface area contributed by atoms with Crippen LogP contribution in [0.1, 0.15) is 30.0 Å². The third-order valence-corrected chi connectivity index (χ3v) is 6.78. The fraction of sp³-hybridized carbons (Fsp3) is 0.375. The van der Waals surface area contributed by atoms with Crippen LogP contribution < -0.4 is 10.1 Å². The van der Waals surface area contributed by atoms with Gasteiger partial charge in [-0.25, -0.2) is 9.59 Å². The predicted molar refractivity (Wildman–Crippen MR) is 165 cm³/mol. The molecule has 0 fully saturated rings. The number of carboxylic acids is 1. The van der Waals surface area contributed by atoms with Crippen LogP contribution in [0.5, 0.6) is 5.75 Å². The van der Waals surface area contributed by atoms with Gasteiger partial charge < -0.3 is 29.5 Å². The highest BCUT2D eigenvalue weighted by molar-refractivity contribution is 6.34. The van der Waals surface area contributed by atoms with E-state index in [-0.39, 0.29) is 12.5 Å². The van der Waals surface area contributed by atoms with Crippen molar-refractivity contribution < 1.29 is 28.9 Å². The molecule has 0 spiro atoms. The summed E-state index contributed by atoms with van der Waals surface area (Å²) in [5.74, 6) is -0.353. The lowest BCUT2D eigenvalue weighted by molar-refractivity contribution is -0.149. The number of aliphatic carboxylic acids is 1. The average molecular weight is 618 g/mol. The van der Waals surface area contributed by atoms with Crippen molar-refractivity contribution in [1.29, 1.82) is 0 Å². The minimum absolute atomic E-state index is 0.165. The molecule has 226 valence electrons. The molecule has 1 unspecified atom stereocenters.